The lowest BCUT2D eigenvalue weighted by atomic mass is 10.1. The van der Waals surface area contributed by atoms with E-state index < -0.39 is 0 Å². The first-order chi connectivity index (χ1) is 18.5. The second kappa shape index (κ2) is 9.12. The SMILES string of the molecule is Cc1ccccc1-n1c([C@@H]2CCCN2c2ncnc(N)c2C#N)nc2cccc(-c3cn(C)cn3)c2c1=O. The number of aryl methyl sites for hydroxylation is 2. The van der Waals surface area contributed by atoms with Gasteiger partial charge in [0, 0.05) is 25.4 Å². The Morgan fingerprint density at radius 1 is 1.11 bits per heavy atom. The molecule has 10 nitrogen and oxygen atoms in total. The van der Waals surface area contributed by atoms with E-state index in [0.29, 0.717) is 34.8 Å². The van der Waals surface area contributed by atoms with Gasteiger partial charge in [-0.2, -0.15) is 5.26 Å². The summed E-state index contributed by atoms with van der Waals surface area (Å²) >= 11 is 0. The summed E-state index contributed by atoms with van der Waals surface area (Å²) in [6, 6.07) is 15.3. The van der Waals surface area contributed by atoms with Crippen LogP contribution in [0, 0.1) is 18.3 Å². The molecule has 1 aliphatic heterocycles. The fraction of sp³-hybridized carbons (Fsp3) is 0.214. The van der Waals surface area contributed by atoms with Crippen molar-refractivity contribution < 1.29 is 0 Å². The van der Waals surface area contributed by atoms with Gasteiger partial charge in [-0.05, 0) is 37.5 Å². The molecule has 1 saturated heterocycles. The minimum absolute atomic E-state index is 0.130. The van der Waals surface area contributed by atoms with Gasteiger partial charge in [0.05, 0.1) is 34.7 Å². The zero-order valence-electron chi connectivity index (χ0n) is 21.0. The number of hydrogen-bond acceptors (Lipinski definition) is 8. The highest BCUT2D eigenvalue weighted by Gasteiger charge is 2.34. The van der Waals surface area contributed by atoms with Crippen molar-refractivity contribution in [3.05, 3.63) is 88.6 Å². The maximum Gasteiger partial charge on any atom is 0.266 e. The topological polar surface area (TPSA) is 132 Å². The third-order valence-electron chi connectivity index (χ3n) is 7.05. The van der Waals surface area contributed by atoms with Crippen LogP contribution in [-0.4, -0.2) is 35.6 Å². The number of para-hydroxylation sites is 1. The first kappa shape index (κ1) is 23.4. The Morgan fingerprint density at radius 2 is 1.95 bits per heavy atom. The highest BCUT2D eigenvalue weighted by molar-refractivity contribution is 5.93. The van der Waals surface area contributed by atoms with Crippen LogP contribution in [-0.2, 0) is 7.05 Å². The van der Waals surface area contributed by atoms with Gasteiger partial charge in [0.1, 0.15) is 29.6 Å². The highest BCUT2D eigenvalue weighted by Crippen LogP contribution is 2.38. The molecule has 4 heterocycles. The van der Waals surface area contributed by atoms with Gasteiger partial charge < -0.3 is 15.2 Å². The van der Waals surface area contributed by atoms with Crippen LogP contribution in [0.1, 0.15) is 35.8 Å². The summed E-state index contributed by atoms with van der Waals surface area (Å²) in [7, 11) is 1.90. The van der Waals surface area contributed by atoms with Crippen molar-refractivity contribution in [3.63, 3.8) is 0 Å². The second-order valence-electron chi connectivity index (χ2n) is 9.44. The summed E-state index contributed by atoms with van der Waals surface area (Å²) in [5, 5.41) is 10.3. The molecule has 3 aromatic heterocycles. The number of fused-ring (bicyclic) bond motifs is 1. The summed E-state index contributed by atoms with van der Waals surface area (Å²) in [5.74, 6) is 1.18. The number of aromatic nitrogens is 6. The second-order valence-corrected chi connectivity index (χ2v) is 9.44. The molecule has 6 rings (SSSR count). The van der Waals surface area contributed by atoms with Crippen LogP contribution in [0.15, 0.2) is 66.1 Å². The minimum Gasteiger partial charge on any atom is -0.382 e. The summed E-state index contributed by atoms with van der Waals surface area (Å²) in [6.45, 7) is 2.62. The van der Waals surface area contributed by atoms with E-state index in [1.165, 1.54) is 6.33 Å². The monoisotopic (exact) mass is 503 g/mol. The molecule has 0 saturated carbocycles. The molecule has 2 aromatic carbocycles. The normalized spacial score (nSPS) is 15.2. The zero-order chi connectivity index (χ0) is 26.4. The van der Waals surface area contributed by atoms with Crippen LogP contribution in [0.5, 0.6) is 0 Å². The standard InChI is InChI=1S/C28H25N9O/c1-17-7-3-4-10-22(17)37-27(23-11-6-12-36(23)26-19(13-29)25(30)31-15-32-26)34-20-9-5-8-18(24(20)28(37)38)21-14-35(2)16-33-21/h3-5,7-10,14-16,23H,6,11-12H2,1-2H3,(H2,30,31,32)/t23-/m0/s1. The van der Waals surface area contributed by atoms with E-state index in [2.05, 4.69) is 21.0 Å². The van der Waals surface area contributed by atoms with E-state index in [0.717, 1.165) is 29.7 Å². The summed E-state index contributed by atoms with van der Waals surface area (Å²) < 4.78 is 3.57. The maximum absolute atomic E-state index is 14.5. The molecule has 0 aliphatic carbocycles. The number of benzene rings is 2. The molecule has 0 unspecified atom stereocenters. The molecule has 0 spiro atoms. The molecular formula is C28H25N9O. The zero-order valence-corrected chi connectivity index (χ0v) is 21.0. The Labute approximate surface area is 218 Å². The first-order valence-corrected chi connectivity index (χ1v) is 12.3. The van der Waals surface area contributed by atoms with Crippen LogP contribution >= 0.6 is 0 Å². The fourth-order valence-electron chi connectivity index (χ4n) is 5.29. The molecule has 0 radical (unpaired) electrons. The van der Waals surface area contributed by atoms with E-state index >= 15 is 0 Å². The van der Waals surface area contributed by atoms with E-state index in [9.17, 15) is 10.1 Å². The van der Waals surface area contributed by atoms with Crippen molar-refractivity contribution in [2.45, 2.75) is 25.8 Å². The Hall–Kier alpha value is -5.04. The van der Waals surface area contributed by atoms with Crippen molar-refractivity contribution in [2.75, 3.05) is 17.2 Å². The average molecular weight is 504 g/mol. The van der Waals surface area contributed by atoms with Gasteiger partial charge in [0.2, 0.25) is 0 Å². The number of nitriles is 1. The number of nitrogens with zero attached hydrogens (tertiary/aromatic N) is 8. The first-order valence-electron chi connectivity index (χ1n) is 12.3. The lowest BCUT2D eigenvalue weighted by molar-refractivity contribution is 0.632. The number of hydrogen-bond donors (Lipinski definition) is 1. The Kier molecular flexibility index (Phi) is 5.61. The third-order valence-corrected chi connectivity index (χ3v) is 7.05. The van der Waals surface area contributed by atoms with Crippen molar-refractivity contribution in [3.8, 4) is 23.0 Å². The van der Waals surface area contributed by atoms with Gasteiger partial charge in [-0.1, -0.05) is 30.3 Å². The Morgan fingerprint density at radius 3 is 2.71 bits per heavy atom. The molecule has 0 bridgehead atoms. The predicted molar refractivity (Wildman–Crippen MR) is 145 cm³/mol. The predicted octanol–water partition coefficient (Wildman–Crippen LogP) is 3.68. The molecule has 38 heavy (non-hydrogen) atoms. The van der Waals surface area contributed by atoms with Gasteiger partial charge >= 0.3 is 0 Å². The molecule has 1 aliphatic rings. The maximum atomic E-state index is 14.5. The number of nitrogen functional groups attached to an aromatic ring is 1. The summed E-state index contributed by atoms with van der Waals surface area (Å²) in [5.41, 5.74) is 9.80. The van der Waals surface area contributed by atoms with Gasteiger partial charge in [-0.25, -0.2) is 19.9 Å². The van der Waals surface area contributed by atoms with Gasteiger partial charge in [0.25, 0.3) is 5.56 Å². The minimum atomic E-state index is -0.299. The molecule has 5 aromatic rings. The van der Waals surface area contributed by atoms with E-state index in [1.54, 1.807) is 10.9 Å². The Bertz CT molecular complexity index is 1800. The van der Waals surface area contributed by atoms with Crippen molar-refractivity contribution in [1.82, 2.24) is 29.1 Å². The largest absolute Gasteiger partial charge is 0.382 e. The molecule has 2 N–H and O–H groups in total. The van der Waals surface area contributed by atoms with Gasteiger partial charge in [-0.15, -0.1) is 0 Å². The van der Waals surface area contributed by atoms with Gasteiger partial charge in [0.15, 0.2) is 5.82 Å². The van der Waals surface area contributed by atoms with Crippen molar-refractivity contribution in [1.29, 1.82) is 5.26 Å². The smallest absolute Gasteiger partial charge is 0.266 e. The number of nitrogens with two attached hydrogens (primary N) is 1. The molecule has 1 fully saturated rings. The van der Waals surface area contributed by atoms with Crippen LogP contribution in [0.4, 0.5) is 11.6 Å². The van der Waals surface area contributed by atoms with Crippen LogP contribution in [0.2, 0.25) is 0 Å². The van der Waals surface area contributed by atoms with Gasteiger partial charge in [-0.3, -0.25) is 9.36 Å². The summed E-state index contributed by atoms with van der Waals surface area (Å²) in [4.78, 5) is 34.5. The van der Waals surface area contributed by atoms with E-state index in [-0.39, 0.29) is 23.0 Å². The highest BCUT2D eigenvalue weighted by atomic mass is 16.1. The molecule has 1 atom stereocenters. The number of rotatable bonds is 4. The molecule has 188 valence electrons. The molecular weight excluding hydrogens is 478 g/mol. The van der Waals surface area contributed by atoms with Crippen molar-refractivity contribution >= 4 is 22.5 Å². The van der Waals surface area contributed by atoms with Crippen LogP contribution in [0.25, 0.3) is 27.8 Å². The van der Waals surface area contributed by atoms with E-state index in [1.807, 2.05) is 72.1 Å². The molecule has 0 amide bonds. The molecule has 10 heteroatoms. The van der Waals surface area contributed by atoms with E-state index in [4.69, 9.17) is 10.7 Å². The van der Waals surface area contributed by atoms with Crippen molar-refractivity contribution in [2.24, 2.45) is 7.05 Å². The average Bonchev–Trinajstić information content (AvgIpc) is 3.58. The lowest BCUT2D eigenvalue weighted by Crippen LogP contribution is -2.33. The third kappa shape index (κ3) is 3.67. The number of anilines is 2. The van der Waals surface area contributed by atoms with Crippen LogP contribution < -0.4 is 16.2 Å². The lowest BCUT2D eigenvalue weighted by Gasteiger charge is -2.28. The van der Waals surface area contributed by atoms with Crippen LogP contribution in [0.3, 0.4) is 0 Å². The fourth-order valence-corrected chi connectivity index (χ4v) is 5.29. The quantitative estimate of drug-likeness (QED) is 0.393. The number of imidazole rings is 1. The Balaban J connectivity index is 1.65. The summed E-state index contributed by atoms with van der Waals surface area (Å²) in [6.07, 6.45) is 6.55.